The molecule has 0 unspecified atom stereocenters. The number of amides is 3. The summed E-state index contributed by atoms with van der Waals surface area (Å²) < 4.78 is 34.6. The normalized spacial score (nSPS) is 17.1. The molecule has 372 valence electrons. The van der Waals surface area contributed by atoms with Gasteiger partial charge in [0, 0.05) is 64.5 Å². The molecule has 18 nitrogen and oxygen atoms in total. The second-order valence-corrected chi connectivity index (χ2v) is 19.3. The minimum absolute atomic E-state index is 0.00998. The first kappa shape index (κ1) is 51.3. The summed E-state index contributed by atoms with van der Waals surface area (Å²) >= 11 is 1.57. The molecule has 0 bridgehead atoms. The summed E-state index contributed by atoms with van der Waals surface area (Å²) in [5, 5.41) is 16.3. The average molecular weight is 971 g/mol. The Kier molecular flexibility index (Phi) is 18.5. The van der Waals surface area contributed by atoms with Crippen molar-refractivity contribution < 1.29 is 47.6 Å². The predicted octanol–water partition coefficient (Wildman–Crippen LogP) is 4.54. The van der Waals surface area contributed by atoms with E-state index in [9.17, 15) is 19.5 Å². The molecule has 2 aliphatic heterocycles. The van der Waals surface area contributed by atoms with E-state index in [4.69, 9.17) is 33.1 Å². The highest BCUT2D eigenvalue weighted by Gasteiger charge is 2.44. The Morgan fingerprint density at radius 2 is 1.59 bits per heavy atom. The first-order chi connectivity index (χ1) is 33.3. The maximum atomic E-state index is 13.9. The van der Waals surface area contributed by atoms with Crippen LogP contribution in [0, 0.1) is 19.3 Å². The molecular weight excluding hydrogens is 905 g/mol. The Labute approximate surface area is 407 Å². The second-order valence-electron chi connectivity index (χ2n) is 18.4. The molecule has 3 atom stereocenters. The summed E-state index contributed by atoms with van der Waals surface area (Å²) in [6, 6.07) is 16.3. The van der Waals surface area contributed by atoms with E-state index in [-0.39, 0.29) is 45.2 Å². The van der Waals surface area contributed by atoms with Gasteiger partial charge in [0.2, 0.25) is 17.7 Å². The fourth-order valence-corrected chi connectivity index (χ4v) is 8.84. The number of aromatic nitrogens is 3. The quantitative estimate of drug-likeness (QED) is 0.0727. The van der Waals surface area contributed by atoms with Crippen LogP contribution in [0.3, 0.4) is 0 Å². The second kappa shape index (κ2) is 24.8. The van der Waals surface area contributed by atoms with Crippen molar-refractivity contribution in [3.63, 3.8) is 0 Å². The number of fused-ring (bicyclic) bond motifs is 1. The van der Waals surface area contributed by atoms with Crippen LogP contribution in [0.2, 0.25) is 0 Å². The standard InChI is InChI=1S/C50H66N8O10S/c1-34-6-11-38(51-28-34)31-67-40-12-13-43-41(27-40)54-49(68-43)57-16-14-56(15-17-57)18-19-63-20-21-64-22-23-65-24-25-66-32-44(60)55-46(50(3,4)5)48(62)58-30-39(59)26-42(58)47(61)52-29-36-7-9-37(10-8-36)45-35(2)53-33-69-45/h6-13,27-28,33,39,42,46,59H,14-26,29-32H2,1-5H3,(H,52,61)(H,55,60)/t39-,42+,46-/m1/s1. The summed E-state index contributed by atoms with van der Waals surface area (Å²) in [6.07, 6.45) is 1.07. The lowest BCUT2D eigenvalue weighted by molar-refractivity contribution is -0.144. The molecule has 2 aliphatic rings. The average Bonchev–Trinajstić information content (AvgIpc) is 4.09. The number of hydrogen-bond donors (Lipinski definition) is 3. The number of hydrogen-bond acceptors (Lipinski definition) is 16. The van der Waals surface area contributed by atoms with Gasteiger partial charge < -0.3 is 53.6 Å². The molecule has 7 rings (SSSR count). The molecule has 3 amide bonds. The molecule has 0 spiro atoms. The highest BCUT2D eigenvalue weighted by atomic mass is 32.1. The van der Waals surface area contributed by atoms with E-state index in [0.717, 1.165) is 82.5 Å². The van der Waals surface area contributed by atoms with Gasteiger partial charge in [-0.2, -0.15) is 4.98 Å². The summed E-state index contributed by atoms with van der Waals surface area (Å²) in [5.41, 5.74) is 7.50. The van der Waals surface area contributed by atoms with Gasteiger partial charge in [-0.15, -0.1) is 11.3 Å². The number of aryl methyl sites for hydroxylation is 2. The van der Waals surface area contributed by atoms with E-state index in [1.807, 2.05) is 101 Å². The molecule has 5 heterocycles. The van der Waals surface area contributed by atoms with Crippen LogP contribution < -0.4 is 20.3 Å². The van der Waals surface area contributed by atoms with Gasteiger partial charge >= 0.3 is 0 Å². The van der Waals surface area contributed by atoms with E-state index >= 15 is 0 Å². The number of likely N-dealkylation sites (tertiary alicyclic amines) is 1. The van der Waals surface area contributed by atoms with Crippen LogP contribution in [0.4, 0.5) is 6.01 Å². The van der Waals surface area contributed by atoms with E-state index in [2.05, 4.69) is 30.4 Å². The van der Waals surface area contributed by atoms with Gasteiger partial charge in [0.05, 0.1) is 74.1 Å². The smallest absolute Gasteiger partial charge is 0.298 e. The lowest BCUT2D eigenvalue weighted by Gasteiger charge is -2.35. The monoisotopic (exact) mass is 970 g/mol. The Bertz CT molecular complexity index is 2420. The molecule has 19 heteroatoms. The van der Waals surface area contributed by atoms with Crippen molar-refractivity contribution in [2.45, 2.75) is 72.4 Å². The van der Waals surface area contributed by atoms with E-state index < -0.39 is 35.4 Å². The lowest BCUT2D eigenvalue weighted by Crippen LogP contribution is -2.58. The van der Waals surface area contributed by atoms with Crippen molar-refractivity contribution in [2.75, 3.05) is 97.0 Å². The number of thiazole rings is 1. The molecule has 2 saturated heterocycles. The number of β-amino-alcohol motifs (C(OH)–C–C–N with tert-alkyl or cyclic N) is 1. The molecule has 2 aromatic carbocycles. The molecule has 69 heavy (non-hydrogen) atoms. The Hall–Kier alpha value is -5.54. The fraction of sp³-hybridized carbons (Fsp3) is 0.520. The van der Waals surface area contributed by atoms with Crippen molar-refractivity contribution in [1.82, 2.24) is 35.4 Å². The zero-order chi connectivity index (χ0) is 48.8. The molecule has 0 radical (unpaired) electrons. The van der Waals surface area contributed by atoms with Gasteiger partial charge in [0.25, 0.3) is 6.01 Å². The van der Waals surface area contributed by atoms with Gasteiger partial charge in [-0.05, 0) is 54.2 Å². The van der Waals surface area contributed by atoms with Crippen molar-refractivity contribution >= 4 is 46.2 Å². The minimum Gasteiger partial charge on any atom is -0.487 e. The third-order valence-electron chi connectivity index (χ3n) is 12.0. The van der Waals surface area contributed by atoms with Crippen molar-refractivity contribution in [1.29, 1.82) is 0 Å². The van der Waals surface area contributed by atoms with Crippen molar-refractivity contribution in [2.24, 2.45) is 5.41 Å². The van der Waals surface area contributed by atoms with Crippen molar-refractivity contribution in [3.05, 3.63) is 88.8 Å². The minimum atomic E-state index is -0.956. The fourth-order valence-electron chi connectivity index (χ4n) is 8.03. The zero-order valence-corrected chi connectivity index (χ0v) is 41.1. The van der Waals surface area contributed by atoms with Gasteiger partial charge in [0.15, 0.2) is 5.58 Å². The number of piperazine rings is 1. The van der Waals surface area contributed by atoms with Crippen LogP contribution in [-0.4, -0.2) is 158 Å². The molecule has 3 N–H and O–H groups in total. The number of aliphatic hydroxyl groups excluding tert-OH is 1. The summed E-state index contributed by atoms with van der Waals surface area (Å²) in [5.74, 6) is -0.556. The zero-order valence-electron chi connectivity index (χ0n) is 40.3. The number of pyridine rings is 1. The number of oxazole rings is 1. The Morgan fingerprint density at radius 1 is 0.884 bits per heavy atom. The van der Waals surface area contributed by atoms with Gasteiger partial charge in [0.1, 0.15) is 36.6 Å². The van der Waals surface area contributed by atoms with Gasteiger partial charge in [-0.1, -0.05) is 51.1 Å². The van der Waals surface area contributed by atoms with Crippen LogP contribution >= 0.6 is 11.3 Å². The molecular formula is C50H66N8O10S. The number of rotatable bonds is 24. The molecule has 0 aliphatic carbocycles. The summed E-state index contributed by atoms with van der Waals surface area (Å²) in [4.78, 5) is 60.7. The number of anilines is 1. The SMILES string of the molecule is Cc1ccc(COc2ccc3oc(N4CCN(CCOCCOCCOCCOCC(=O)N[C@H](C(=O)N5C[C@H](O)C[C@H]5C(=O)NCc5ccc(-c6scnc6C)cc5)C(C)(C)C)CC4)nc3c2)nc1. The van der Waals surface area contributed by atoms with Crippen LogP contribution in [-0.2, 0) is 46.5 Å². The van der Waals surface area contributed by atoms with Crippen LogP contribution in [0.15, 0.2) is 70.7 Å². The summed E-state index contributed by atoms with van der Waals surface area (Å²) in [7, 11) is 0. The highest BCUT2D eigenvalue weighted by molar-refractivity contribution is 7.13. The highest BCUT2D eigenvalue weighted by Crippen LogP contribution is 2.29. The van der Waals surface area contributed by atoms with E-state index in [1.165, 1.54) is 4.90 Å². The number of ether oxygens (including phenoxy) is 5. The van der Waals surface area contributed by atoms with E-state index in [0.29, 0.717) is 45.7 Å². The molecule has 5 aromatic rings. The van der Waals surface area contributed by atoms with E-state index in [1.54, 1.807) is 11.3 Å². The first-order valence-electron chi connectivity index (χ1n) is 23.6. The van der Waals surface area contributed by atoms with Gasteiger partial charge in [-0.3, -0.25) is 24.3 Å². The maximum absolute atomic E-state index is 13.9. The van der Waals surface area contributed by atoms with Crippen molar-refractivity contribution in [3.8, 4) is 16.2 Å². The Balaban J connectivity index is 0.705. The number of nitrogens with one attached hydrogen (secondary N) is 2. The van der Waals surface area contributed by atoms with Crippen LogP contribution in [0.5, 0.6) is 5.75 Å². The number of carbonyl (C=O) groups is 3. The summed E-state index contributed by atoms with van der Waals surface area (Å²) in [6.45, 7) is 16.7. The van der Waals surface area contributed by atoms with Crippen LogP contribution in [0.25, 0.3) is 21.5 Å². The third kappa shape index (κ3) is 15.0. The first-order valence-corrected chi connectivity index (χ1v) is 24.5. The molecule has 2 fully saturated rings. The number of benzene rings is 2. The topological polar surface area (TPSA) is 203 Å². The molecule has 0 saturated carbocycles. The predicted molar refractivity (Wildman–Crippen MR) is 261 cm³/mol. The number of aliphatic hydroxyl groups is 1. The largest absolute Gasteiger partial charge is 0.487 e. The number of nitrogens with zero attached hydrogens (tertiary/aromatic N) is 6. The Morgan fingerprint density at radius 3 is 2.26 bits per heavy atom. The maximum Gasteiger partial charge on any atom is 0.298 e. The van der Waals surface area contributed by atoms with Crippen LogP contribution in [0.1, 0.15) is 49.7 Å². The number of carbonyl (C=O) groups excluding carboxylic acids is 3. The lowest BCUT2D eigenvalue weighted by atomic mass is 9.85. The van der Waals surface area contributed by atoms with Gasteiger partial charge in [-0.25, -0.2) is 4.98 Å². The third-order valence-corrected chi connectivity index (χ3v) is 12.9. The molecule has 3 aromatic heterocycles.